The number of carbonyl (C=O) groups excluding carboxylic acids is 1. The van der Waals surface area contributed by atoms with Crippen LogP contribution in [0, 0.1) is 0 Å². The summed E-state index contributed by atoms with van der Waals surface area (Å²) >= 11 is 6.60. The first-order chi connectivity index (χ1) is 19.7. The molecule has 4 aromatic rings. The number of H-pyrrole nitrogens is 1. The minimum absolute atomic E-state index is 0.0985. The summed E-state index contributed by atoms with van der Waals surface area (Å²) in [6.07, 6.45) is 4.84. The van der Waals surface area contributed by atoms with Crippen LogP contribution in [0.4, 0.5) is 16.2 Å². The van der Waals surface area contributed by atoms with Crippen LogP contribution in [0.15, 0.2) is 68.4 Å². The molecule has 41 heavy (non-hydrogen) atoms. The maximum atomic E-state index is 13.2. The van der Waals surface area contributed by atoms with Gasteiger partial charge < -0.3 is 20.5 Å². The van der Waals surface area contributed by atoms with E-state index in [1.165, 1.54) is 55.7 Å². The Labute approximate surface area is 245 Å². The molecule has 2 aromatic heterocycles. The van der Waals surface area contributed by atoms with Crippen LogP contribution >= 0.6 is 22.9 Å². The third-order valence-electron chi connectivity index (χ3n) is 6.75. The Balaban J connectivity index is 1.24. The summed E-state index contributed by atoms with van der Waals surface area (Å²) in [5.41, 5.74) is 0.697. The number of halogens is 1. The largest absolute Gasteiger partial charge is 0.385 e. The van der Waals surface area contributed by atoms with Crippen molar-refractivity contribution in [1.29, 1.82) is 0 Å². The molecule has 2 amide bonds. The Kier molecular flexibility index (Phi) is 8.78. The fourth-order valence-corrected chi connectivity index (χ4v) is 7.14. The van der Waals surface area contributed by atoms with Gasteiger partial charge in [-0.3, -0.25) is 4.79 Å². The van der Waals surface area contributed by atoms with Gasteiger partial charge in [-0.25, -0.2) is 27.3 Å². The quantitative estimate of drug-likeness (QED) is 0.206. The number of nitrogens with one attached hydrogen (secondary N) is 4. The van der Waals surface area contributed by atoms with Crippen molar-refractivity contribution in [3.63, 3.8) is 0 Å². The van der Waals surface area contributed by atoms with Gasteiger partial charge in [0.25, 0.3) is 15.6 Å². The summed E-state index contributed by atoms with van der Waals surface area (Å²) in [5, 5.41) is 6.14. The van der Waals surface area contributed by atoms with E-state index in [-0.39, 0.29) is 19.9 Å². The SMILES string of the molecule is O=C(Nc1ccc(-n2c(=O)[nH]c3cc(NCCCN4CCCCC4)ccc3c2=O)cc1)NS(=O)(=O)c1ccc(Cl)s1. The summed E-state index contributed by atoms with van der Waals surface area (Å²) in [5.74, 6) is 0. The number of carbonyl (C=O) groups is 1. The summed E-state index contributed by atoms with van der Waals surface area (Å²) in [6.45, 7) is 4.16. The van der Waals surface area contributed by atoms with Gasteiger partial charge in [0.2, 0.25) is 0 Å². The van der Waals surface area contributed by atoms with E-state index < -0.39 is 27.3 Å². The average Bonchev–Trinajstić information content (AvgIpc) is 3.39. The molecule has 0 aliphatic carbocycles. The number of sulfonamides is 1. The Hall–Kier alpha value is -3.65. The van der Waals surface area contributed by atoms with Crippen molar-refractivity contribution in [2.24, 2.45) is 0 Å². The third-order valence-corrected chi connectivity index (χ3v) is 9.80. The lowest BCUT2D eigenvalue weighted by Crippen LogP contribution is -2.34. The van der Waals surface area contributed by atoms with Crippen molar-refractivity contribution in [3.8, 4) is 5.69 Å². The summed E-state index contributed by atoms with van der Waals surface area (Å²) in [4.78, 5) is 43.6. The van der Waals surface area contributed by atoms with Crippen LogP contribution in [0.5, 0.6) is 0 Å². The number of piperidine rings is 1. The number of nitrogens with zero attached hydrogens (tertiary/aromatic N) is 2. The molecule has 216 valence electrons. The molecule has 0 saturated carbocycles. The minimum Gasteiger partial charge on any atom is -0.385 e. The van der Waals surface area contributed by atoms with Crippen LogP contribution in [0.25, 0.3) is 16.6 Å². The highest BCUT2D eigenvalue weighted by atomic mass is 35.5. The molecule has 0 atom stereocenters. The van der Waals surface area contributed by atoms with Gasteiger partial charge in [-0.2, -0.15) is 0 Å². The van der Waals surface area contributed by atoms with Crippen LogP contribution in [-0.2, 0) is 10.0 Å². The number of aromatic nitrogens is 2. The van der Waals surface area contributed by atoms with Crippen molar-refractivity contribution < 1.29 is 13.2 Å². The predicted octanol–water partition coefficient (Wildman–Crippen LogP) is 4.19. The smallest absolute Gasteiger partial charge is 0.333 e. The lowest BCUT2D eigenvalue weighted by Gasteiger charge is -2.26. The van der Waals surface area contributed by atoms with Crippen molar-refractivity contribution in [1.82, 2.24) is 19.2 Å². The Morgan fingerprint density at radius 1 is 0.976 bits per heavy atom. The molecule has 1 aliphatic rings. The van der Waals surface area contributed by atoms with Crippen LogP contribution in [0.2, 0.25) is 4.34 Å². The Morgan fingerprint density at radius 2 is 1.71 bits per heavy atom. The number of hydrogen-bond acceptors (Lipinski definition) is 8. The molecule has 5 rings (SSSR count). The van der Waals surface area contributed by atoms with Crippen molar-refractivity contribution in [3.05, 3.63) is 79.8 Å². The molecule has 0 bridgehead atoms. The van der Waals surface area contributed by atoms with E-state index in [1.807, 2.05) is 10.8 Å². The second-order valence-electron chi connectivity index (χ2n) is 9.68. The second-order valence-corrected chi connectivity index (χ2v) is 13.3. The number of aromatic amines is 1. The zero-order valence-electron chi connectivity index (χ0n) is 22.0. The first kappa shape index (κ1) is 28.9. The van der Waals surface area contributed by atoms with E-state index in [2.05, 4.69) is 20.5 Å². The molecule has 4 N–H and O–H groups in total. The second kappa shape index (κ2) is 12.5. The molecule has 1 fully saturated rings. The van der Waals surface area contributed by atoms with E-state index in [0.29, 0.717) is 10.9 Å². The number of thiophene rings is 1. The predicted molar refractivity (Wildman–Crippen MR) is 162 cm³/mol. The number of benzene rings is 2. The molecule has 3 heterocycles. The van der Waals surface area contributed by atoms with E-state index in [1.54, 1.807) is 12.1 Å². The molecule has 2 aromatic carbocycles. The van der Waals surface area contributed by atoms with Gasteiger partial charge in [-0.1, -0.05) is 18.0 Å². The first-order valence-corrected chi connectivity index (χ1v) is 15.8. The lowest BCUT2D eigenvalue weighted by molar-refractivity contribution is 0.228. The zero-order chi connectivity index (χ0) is 29.0. The number of amides is 2. The molecule has 11 nitrogen and oxygen atoms in total. The maximum absolute atomic E-state index is 13.2. The highest BCUT2D eigenvalue weighted by molar-refractivity contribution is 7.92. The molecular formula is C27H29ClN6O5S2. The molecule has 14 heteroatoms. The van der Waals surface area contributed by atoms with Gasteiger partial charge in [0.05, 0.1) is 20.9 Å². The highest BCUT2D eigenvalue weighted by Crippen LogP contribution is 2.25. The number of likely N-dealkylation sites (tertiary alicyclic amines) is 1. The molecule has 1 saturated heterocycles. The van der Waals surface area contributed by atoms with Crippen LogP contribution in [-0.4, -0.2) is 55.1 Å². The fraction of sp³-hybridized carbons (Fsp3) is 0.296. The van der Waals surface area contributed by atoms with Gasteiger partial charge in [0, 0.05) is 17.9 Å². The van der Waals surface area contributed by atoms with E-state index in [4.69, 9.17) is 11.6 Å². The zero-order valence-corrected chi connectivity index (χ0v) is 24.4. The molecule has 0 unspecified atom stereocenters. The average molecular weight is 617 g/mol. The molecule has 0 spiro atoms. The number of rotatable bonds is 9. The highest BCUT2D eigenvalue weighted by Gasteiger charge is 2.20. The summed E-state index contributed by atoms with van der Waals surface area (Å²) in [6, 6.07) is 12.9. The Morgan fingerprint density at radius 3 is 2.41 bits per heavy atom. The van der Waals surface area contributed by atoms with Gasteiger partial charge in [-0.05, 0) is 93.5 Å². The fourth-order valence-electron chi connectivity index (χ4n) is 4.75. The maximum Gasteiger partial charge on any atom is 0.333 e. The van der Waals surface area contributed by atoms with Gasteiger partial charge in [0.1, 0.15) is 4.21 Å². The van der Waals surface area contributed by atoms with E-state index >= 15 is 0 Å². The first-order valence-electron chi connectivity index (χ1n) is 13.1. The van der Waals surface area contributed by atoms with Crippen LogP contribution in [0.3, 0.4) is 0 Å². The van der Waals surface area contributed by atoms with Crippen molar-refractivity contribution in [2.45, 2.75) is 29.9 Å². The van der Waals surface area contributed by atoms with Gasteiger partial charge >= 0.3 is 11.7 Å². The monoisotopic (exact) mass is 616 g/mol. The van der Waals surface area contributed by atoms with Crippen molar-refractivity contribution >= 4 is 61.3 Å². The van der Waals surface area contributed by atoms with E-state index in [0.717, 1.165) is 54.2 Å². The van der Waals surface area contributed by atoms with Gasteiger partial charge in [-0.15, -0.1) is 11.3 Å². The standard InChI is InChI=1S/C27H29ClN6O5S2/c28-23-11-12-24(40-23)41(38,39)32-26(36)30-18-5-8-20(9-6-18)34-25(35)21-10-7-19(17-22(21)31-27(34)37)29-13-4-16-33-14-2-1-3-15-33/h5-12,17,29H,1-4,13-16H2,(H,31,37)(H2,30,32,36). The lowest BCUT2D eigenvalue weighted by atomic mass is 10.1. The molecule has 1 aliphatic heterocycles. The van der Waals surface area contributed by atoms with E-state index in [9.17, 15) is 22.8 Å². The Bertz CT molecular complexity index is 1780. The number of fused-ring (bicyclic) bond motifs is 1. The third kappa shape index (κ3) is 6.99. The number of anilines is 2. The molecule has 0 radical (unpaired) electrons. The van der Waals surface area contributed by atoms with Gasteiger partial charge in [0.15, 0.2) is 0 Å². The normalized spacial score (nSPS) is 14.2. The summed E-state index contributed by atoms with van der Waals surface area (Å²) < 4.78 is 27.7. The van der Waals surface area contributed by atoms with Crippen LogP contribution < -0.4 is 26.6 Å². The van der Waals surface area contributed by atoms with Crippen molar-refractivity contribution in [2.75, 3.05) is 36.8 Å². The molecular weight excluding hydrogens is 588 g/mol. The number of hydrogen-bond donors (Lipinski definition) is 4. The van der Waals surface area contributed by atoms with Crippen LogP contribution in [0.1, 0.15) is 25.7 Å². The number of urea groups is 1. The topological polar surface area (TPSA) is 145 Å². The summed E-state index contributed by atoms with van der Waals surface area (Å²) in [7, 11) is -4.08. The minimum atomic E-state index is -4.08.